The van der Waals surface area contributed by atoms with Crippen molar-refractivity contribution in [1.29, 1.82) is 0 Å². The summed E-state index contributed by atoms with van der Waals surface area (Å²) in [5.41, 5.74) is 6.60. The highest BCUT2D eigenvalue weighted by Crippen LogP contribution is 2.29. The molecule has 0 radical (unpaired) electrons. The molecule has 2 atom stereocenters. The van der Waals surface area contributed by atoms with Gasteiger partial charge < -0.3 is 30.9 Å². The molecule has 0 aliphatic rings. The smallest absolute Gasteiger partial charge is 0.407 e. The third-order valence-electron chi connectivity index (χ3n) is 4.90. The Balaban J connectivity index is 0.000000686. The Labute approximate surface area is 237 Å². The Bertz CT molecular complexity index is 1080. The first kappa shape index (κ1) is 33.5. The molecule has 0 aliphatic carbocycles. The van der Waals surface area contributed by atoms with Crippen LogP contribution in [0.15, 0.2) is 36.4 Å². The summed E-state index contributed by atoms with van der Waals surface area (Å²) in [7, 11) is 2.73. The van der Waals surface area contributed by atoms with Gasteiger partial charge in [-0.15, -0.1) is 0 Å². The van der Waals surface area contributed by atoms with Crippen LogP contribution in [-0.4, -0.2) is 55.4 Å². The van der Waals surface area contributed by atoms with Gasteiger partial charge >= 0.3 is 12.1 Å². The lowest BCUT2D eigenvalue weighted by molar-refractivity contribution is -0.142. The summed E-state index contributed by atoms with van der Waals surface area (Å²) in [4.78, 5) is 34.6. The Morgan fingerprint density at radius 2 is 1.68 bits per heavy atom. The lowest BCUT2D eigenvalue weighted by Crippen LogP contribution is -2.46. The molecule has 0 fully saturated rings. The summed E-state index contributed by atoms with van der Waals surface area (Å²) in [6, 6.07) is 9.19. The molecule has 1 unspecified atom stereocenters. The van der Waals surface area contributed by atoms with Crippen molar-refractivity contribution in [3.8, 4) is 0 Å². The topological polar surface area (TPSA) is 140 Å². The normalized spacial score (nSPS) is 12.4. The number of carbonyl (C=O) groups excluding carboxylic acids is 3. The zero-order valence-corrected chi connectivity index (χ0v) is 24.2. The summed E-state index contributed by atoms with van der Waals surface area (Å²) in [6.07, 6.45) is -0.208. The number of carbonyl (C=O) groups is 3. The minimum atomic E-state index is -1.01. The molecule has 0 saturated heterocycles. The number of benzene rings is 2. The summed E-state index contributed by atoms with van der Waals surface area (Å²) >= 11 is 18.4. The van der Waals surface area contributed by atoms with Crippen molar-refractivity contribution in [3.63, 3.8) is 0 Å². The van der Waals surface area contributed by atoms with Gasteiger partial charge in [0.2, 0.25) is 0 Å². The van der Waals surface area contributed by atoms with Crippen LogP contribution in [0.5, 0.6) is 0 Å². The highest BCUT2D eigenvalue weighted by molar-refractivity contribution is 6.39. The van der Waals surface area contributed by atoms with Crippen molar-refractivity contribution in [1.82, 2.24) is 10.6 Å². The van der Waals surface area contributed by atoms with Gasteiger partial charge in [0.05, 0.1) is 28.8 Å². The number of nitrogens with two attached hydrogens (primary N) is 1. The Hall–Kier alpha value is -2.56. The van der Waals surface area contributed by atoms with Gasteiger partial charge in [-0.3, -0.25) is 4.79 Å². The van der Waals surface area contributed by atoms with Gasteiger partial charge in [-0.25, -0.2) is 9.59 Å². The molecule has 0 aromatic heterocycles. The fourth-order valence-corrected chi connectivity index (χ4v) is 3.99. The lowest BCUT2D eigenvalue weighted by Gasteiger charge is -2.18. The first-order chi connectivity index (χ1) is 17.7. The average molecular weight is 591 g/mol. The Kier molecular flexibility index (Phi) is 13.9. The van der Waals surface area contributed by atoms with Crippen molar-refractivity contribution >= 4 is 52.8 Å². The zero-order chi connectivity index (χ0) is 29.0. The molecule has 0 bridgehead atoms. The number of nitrogens with one attached hydrogen (secondary N) is 2. The van der Waals surface area contributed by atoms with Gasteiger partial charge in [-0.05, 0) is 69.0 Å². The van der Waals surface area contributed by atoms with Crippen LogP contribution in [0.3, 0.4) is 0 Å². The third kappa shape index (κ3) is 11.4. The number of ether oxygens (including phenoxy) is 2. The molecule has 2 aromatic carbocycles. The van der Waals surface area contributed by atoms with Crippen LogP contribution in [0.25, 0.3) is 0 Å². The number of aliphatic hydroxyl groups is 1. The molecule has 2 amide bonds. The molecule has 0 aliphatic heterocycles. The number of amides is 2. The Morgan fingerprint density at radius 1 is 1.08 bits per heavy atom. The third-order valence-corrected chi connectivity index (χ3v) is 5.73. The Morgan fingerprint density at radius 3 is 2.13 bits per heavy atom. The van der Waals surface area contributed by atoms with Crippen LogP contribution in [0, 0.1) is 0 Å². The fourth-order valence-electron chi connectivity index (χ4n) is 3.09. The van der Waals surface area contributed by atoms with Crippen molar-refractivity contribution in [2.45, 2.75) is 51.4 Å². The molecular formula is C26H34Cl3N3O6. The summed E-state index contributed by atoms with van der Waals surface area (Å²) in [5, 5.41) is 16.0. The lowest BCUT2D eigenvalue weighted by atomic mass is 10.0. The standard InChI is InChI=1S/C20H21Cl3N2O4.C6H13NO2/c1-29-20(28)16(10-24)25-19(27)18-14(22)7-11(8-15(18)23)5-6-17(26)12-3-2-4-13(21)9-12;1-6(2,3)9-5(8)7-4/h2-4,7-9,16-17,26H,5-6,10,24H2,1H3,(H,25,27);1-4H3,(H,7,8)/t16-,17?;/m0./s1. The molecule has 2 aromatic rings. The van der Waals surface area contributed by atoms with Crippen molar-refractivity contribution in [2.24, 2.45) is 5.73 Å². The number of aryl methyl sites for hydroxylation is 1. The van der Waals surface area contributed by atoms with E-state index in [1.807, 2.05) is 20.8 Å². The van der Waals surface area contributed by atoms with E-state index in [0.29, 0.717) is 23.4 Å². The van der Waals surface area contributed by atoms with Crippen LogP contribution in [0.1, 0.15) is 54.8 Å². The van der Waals surface area contributed by atoms with E-state index in [-0.39, 0.29) is 33.8 Å². The number of rotatable bonds is 8. The molecule has 9 nitrogen and oxygen atoms in total. The maximum atomic E-state index is 12.5. The van der Waals surface area contributed by atoms with E-state index in [9.17, 15) is 19.5 Å². The first-order valence-corrected chi connectivity index (χ1v) is 12.8. The second-order valence-electron chi connectivity index (χ2n) is 9.08. The molecule has 0 spiro atoms. The van der Waals surface area contributed by atoms with E-state index in [0.717, 1.165) is 5.56 Å². The van der Waals surface area contributed by atoms with Crippen LogP contribution < -0.4 is 16.4 Å². The molecular weight excluding hydrogens is 557 g/mol. The quantitative estimate of drug-likeness (QED) is 0.327. The number of alkyl carbamates (subject to hydrolysis) is 1. The van der Waals surface area contributed by atoms with Gasteiger partial charge in [0.15, 0.2) is 0 Å². The van der Waals surface area contributed by atoms with E-state index in [4.69, 9.17) is 45.3 Å². The van der Waals surface area contributed by atoms with E-state index >= 15 is 0 Å². The van der Waals surface area contributed by atoms with Crippen LogP contribution in [-0.2, 0) is 20.7 Å². The van der Waals surface area contributed by atoms with Gasteiger partial charge in [-0.1, -0.05) is 46.9 Å². The number of methoxy groups -OCH3 is 1. The molecule has 0 saturated carbocycles. The molecule has 0 heterocycles. The molecule has 5 N–H and O–H groups in total. The summed E-state index contributed by atoms with van der Waals surface area (Å²) < 4.78 is 9.42. The highest BCUT2D eigenvalue weighted by atomic mass is 35.5. The summed E-state index contributed by atoms with van der Waals surface area (Å²) in [6.45, 7) is 5.33. The maximum Gasteiger partial charge on any atom is 0.407 e. The van der Waals surface area contributed by atoms with Gasteiger partial charge in [0.1, 0.15) is 11.6 Å². The molecule has 2 rings (SSSR count). The number of esters is 1. The largest absolute Gasteiger partial charge is 0.467 e. The monoisotopic (exact) mass is 589 g/mol. The summed E-state index contributed by atoms with van der Waals surface area (Å²) in [5.74, 6) is -1.30. The van der Waals surface area contributed by atoms with Crippen molar-refractivity contribution in [3.05, 3.63) is 68.2 Å². The molecule has 12 heteroatoms. The van der Waals surface area contributed by atoms with Crippen molar-refractivity contribution < 1.29 is 29.0 Å². The van der Waals surface area contributed by atoms with Crippen LogP contribution in [0.2, 0.25) is 15.1 Å². The van der Waals surface area contributed by atoms with Crippen LogP contribution in [0.4, 0.5) is 4.79 Å². The first-order valence-electron chi connectivity index (χ1n) is 11.6. The van der Waals surface area contributed by atoms with Gasteiger partial charge in [-0.2, -0.15) is 0 Å². The van der Waals surface area contributed by atoms with E-state index in [1.165, 1.54) is 14.2 Å². The number of aliphatic hydroxyl groups excluding tert-OH is 1. The van der Waals surface area contributed by atoms with Crippen LogP contribution >= 0.6 is 34.8 Å². The minimum Gasteiger partial charge on any atom is -0.467 e. The number of halogens is 3. The average Bonchev–Trinajstić information content (AvgIpc) is 2.84. The second-order valence-corrected chi connectivity index (χ2v) is 10.3. The number of hydrogen-bond acceptors (Lipinski definition) is 7. The van der Waals surface area contributed by atoms with Crippen molar-refractivity contribution in [2.75, 3.05) is 20.7 Å². The second kappa shape index (κ2) is 15.8. The van der Waals surface area contributed by atoms with Gasteiger partial charge in [0, 0.05) is 18.6 Å². The SMILES string of the molecule is CNC(=O)OC(C)(C)C.COC(=O)[C@H](CN)NC(=O)c1c(Cl)cc(CCC(O)c2cccc(Cl)c2)cc1Cl. The van der Waals surface area contributed by atoms with E-state index < -0.39 is 24.0 Å². The van der Waals surface area contributed by atoms with E-state index in [2.05, 4.69) is 15.4 Å². The number of hydrogen-bond donors (Lipinski definition) is 4. The molecule has 210 valence electrons. The molecule has 38 heavy (non-hydrogen) atoms. The highest BCUT2D eigenvalue weighted by Gasteiger charge is 2.24. The maximum absolute atomic E-state index is 12.5. The predicted molar refractivity (Wildman–Crippen MR) is 149 cm³/mol. The minimum absolute atomic E-state index is 0.0369. The van der Waals surface area contributed by atoms with E-state index in [1.54, 1.807) is 36.4 Å². The zero-order valence-electron chi connectivity index (χ0n) is 21.9. The predicted octanol–water partition coefficient (Wildman–Crippen LogP) is 4.68. The fraction of sp³-hybridized carbons (Fsp3) is 0.423. The van der Waals surface area contributed by atoms with Gasteiger partial charge in [0.25, 0.3) is 5.91 Å².